The Hall–Kier alpha value is -2.28. The molecule has 0 saturated carbocycles. The smallest absolute Gasteiger partial charge is 0.317 e. The summed E-state index contributed by atoms with van der Waals surface area (Å²) < 4.78 is 34.6. The highest BCUT2D eigenvalue weighted by molar-refractivity contribution is 7.89. The minimum atomic E-state index is -3.91. The van der Waals surface area contributed by atoms with Crippen LogP contribution in [0, 0.1) is 23.7 Å². The Morgan fingerprint density at radius 2 is 1.97 bits per heavy atom. The van der Waals surface area contributed by atoms with E-state index in [0.717, 1.165) is 6.42 Å². The Balaban J connectivity index is 2.50. The Morgan fingerprint density at radius 1 is 1.29 bits per heavy atom. The maximum absolute atomic E-state index is 13.5. The van der Waals surface area contributed by atoms with Crippen LogP contribution in [0.5, 0.6) is 5.75 Å². The molecule has 0 aromatic heterocycles. The van der Waals surface area contributed by atoms with Crippen LogP contribution in [-0.2, 0) is 10.0 Å². The lowest BCUT2D eigenvalue weighted by molar-refractivity contribution is 0.0809. The average Bonchev–Trinajstić information content (AvgIpc) is 2.74. The highest BCUT2D eigenvalue weighted by atomic mass is 32.2. The van der Waals surface area contributed by atoms with E-state index in [9.17, 15) is 18.3 Å². The number of hydrogen-bond acceptors (Lipinski definition) is 5. The normalized spacial score (nSPS) is 20.9. The number of aliphatic hydroxyl groups is 1. The lowest BCUT2D eigenvalue weighted by Crippen LogP contribution is -2.51. The van der Waals surface area contributed by atoms with Crippen molar-refractivity contribution in [3.63, 3.8) is 0 Å². The Labute approximate surface area is 204 Å². The Bertz CT molecular complexity index is 1010. The molecule has 2 N–H and O–H groups in total. The van der Waals surface area contributed by atoms with E-state index < -0.39 is 22.2 Å². The van der Waals surface area contributed by atoms with Gasteiger partial charge in [-0.3, -0.25) is 0 Å². The van der Waals surface area contributed by atoms with Crippen LogP contribution < -0.4 is 10.1 Å². The summed E-state index contributed by atoms with van der Waals surface area (Å²) in [6, 6.07) is 4.01. The molecule has 3 atom stereocenters. The van der Waals surface area contributed by atoms with E-state index in [-0.39, 0.29) is 48.3 Å². The van der Waals surface area contributed by atoms with Crippen LogP contribution in [0.3, 0.4) is 0 Å². The lowest BCUT2D eigenvalue weighted by atomic mass is 10.0. The average molecular weight is 494 g/mol. The fraction of sp³-hybridized carbons (Fsp3) is 0.640. The molecular weight excluding hydrogens is 454 g/mol. The third-order valence-corrected chi connectivity index (χ3v) is 7.64. The number of urea groups is 1. The number of amides is 2. The van der Waals surface area contributed by atoms with Crippen molar-refractivity contribution in [2.45, 2.75) is 71.0 Å². The number of rotatable bonds is 6. The highest BCUT2D eigenvalue weighted by Crippen LogP contribution is 2.34. The van der Waals surface area contributed by atoms with Gasteiger partial charge in [0.05, 0.1) is 13.2 Å². The number of fused-ring (bicyclic) bond motifs is 1. The van der Waals surface area contributed by atoms with Gasteiger partial charge in [-0.1, -0.05) is 32.6 Å². The molecule has 0 bridgehead atoms. The number of carbonyl (C=O) groups excluding carboxylic acids is 1. The summed E-state index contributed by atoms with van der Waals surface area (Å²) in [6.07, 6.45) is 0.261. The SMILES string of the molecule is CC(C)CC#Cc1ccc2c(c1)O[C@H](CN(C)C(=O)NC(C)C)[C@H](C)CN([C@@H](C)CO)S2(=O)=O. The van der Waals surface area contributed by atoms with E-state index >= 15 is 0 Å². The van der Waals surface area contributed by atoms with Crippen LogP contribution in [0.1, 0.15) is 53.5 Å². The van der Waals surface area contributed by atoms with Crippen molar-refractivity contribution >= 4 is 16.1 Å². The summed E-state index contributed by atoms with van der Waals surface area (Å²) in [7, 11) is -2.23. The van der Waals surface area contributed by atoms with E-state index in [1.165, 1.54) is 10.4 Å². The molecule has 34 heavy (non-hydrogen) atoms. The van der Waals surface area contributed by atoms with E-state index in [0.29, 0.717) is 11.5 Å². The van der Waals surface area contributed by atoms with Crippen molar-refractivity contribution in [1.29, 1.82) is 0 Å². The van der Waals surface area contributed by atoms with Gasteiger partial charge in [-0.25, -0.2) is 13.2 Å². The van der Waals surface area contributed by atoms with Crippen LogP contribution in [0.25, 0.3) is 0 Å². The number of carbonyl (C=O) groups is 1. The van der Waals surface area contributed by atoms with E-state index in [1.807, 2.05) is 20.8 Å². The molecule has 0 aliphatic carbocycles. The van der Waals surface area contributed by atoms with Gasteiger partial charge < -0.3 is 20.1 Å². The summed E-state index contributed by atoms with van der Waals surface area (Å²) in [4.78, 5) is 14.1. The largest absolute Gasteiger partial charge is 0.487 e. The zero-order valence-corrected chi connectivity index (χ0v) is 22.1. The minimum absolute atomic E-state index is 0.00985. The summed E-state index contributed by atoms with van der Waals surface area (Å²) in [5.74, 6) is 6.60. The van der Waals surface area contributed by atoms with Gasteiger partial charge in [0, 0.05) is 43.6 Å². The number of likely N-dealkylation sites (N-methyl/N-ethyl adjacent to an activating group) is 1. The van der Waals surface area contributed by atoms with Crippen LogP contribution in [-0.4, -0.2) is 73.7 Å². The molecule has 2 rings (SSSR count). The monoisotopic (exact) mass is 493 g/mol. The molecule has 0 unspecified atom stereocenters. The van der Waals surface area contributed by atoms with Crippen molar-refractivity contribution in [1.82, 2.24) is 14.5 Å². The maximum Gasteiger partial charge on any atom is 0.317 e. The summed E-state index contributed by atoms with van der Waals surface area (Å²) >= 11 is 0. The molecule has 1 heterocycles. The molecule has 2 amide bonds. The zero-order chi connectivity index (χ0) is 25.6. The van der Waals surface area contributed by atoms with Gasteiger partial charge in [0.2, 0.25) is 10.0 Å². The van der Waals surface area contributed by atoms with Crippen LogP contribution in [0.4, 0.5) is 4.79 Å². The summed E-state index contributed by atoms with van der Waals surface area (Å²) in [6.45, 7) is 11.6. The molecule has 1 aromatic rings. The fourth-order valence-corrected chi connectivity index (χ4v) is 5.41. The van der Waals surface area contributed by atoms with Gasteiger partial charge >= 0.3 is 6.03 Å². The first kappa shape index (κ1) is 28.0. The molecule has 0 saturated heterocycles. The molecule has 8 nitrogen and oxygen atoms in total. The number of nitrogens with zero attached hydrogens (tertiary/aromatic N) is 2. The second-order valence-corrected chi connectivity index (χ2v) is 11.6. The second-order valence-electron chi connectivity index (χ2n) is 9.79. The molecule has 9 heteroatoms. The number of ether oxygens (including phenoxy) is 1. The van der Waals surface area contributed by atoms with Crippen molar-refractivity contribution in [3.05, 3.63) is 23.8 Å². The van der Waals surface area contributed by atoms with Gasteiger partial charge in [0.15, 0.2) is 0 Å². The van der Waals surface area contributed by atoms with Crippen LogP contribution in [0.15, 0.2) is 23.1 Å². The lowest BCUT2D eigenvalue weighted by Gasteiger charge is -2.37. The summed E-state index contributed by atoms with van der Waals surface area (Å²) in [5.41, 5.74) is 0.661. The van der Waals surface area contributed by atoms with Gasteiger partial charge in [0.1, 0.15) is 16.7 Å². The van der Waals surface area contributed by atoms with Gasteiger partial charge in [-0.2, -0.15) is 4.31 Å². The molecule has 1 aromatic carbocycles. The summed E-state index contributed by atoms with van der Waals surface area (Å²) in [5, 5.41) is 12.6. The van der Waals surface area contributed by atoms with E-state index in [4.69, 9.17) is 4.74 Å². The van der Waals surface area contributed by atoms with Crippen molar-refractivity contribution in [2.75, 3.05) is 26.7 Å². The van der Waals surface area contributed by atoms with E-state index in [2.05, 4.69) is 31.0 Å². The predicted octanol–water partition coefficient (Wildman–Crippen LogP) is 2.90. The molecule has 0 radical (unpaired) electrons. The quantitative estimate of drug-likeness (QED) is 0.594. The molecule has 190 valence electrons. The van der Waals surface area contributed by atoms with Gasteiger partial charge in [0.25, 0.3) is 0 Å². The molecular formula is C25H39N3O5S. The van der Waals surface area contributed by atoms with Gasteiger partial charge in [-0.15, -0.1) is 0 Å². The standard InChI is InChI=1S/C25H39N3O5S/c1-17(2)9-8-10-21-11-12-24-22(13-21)33-23(15-27(7)25(30)26-18(3)4)19(5)14-28(20(6)16-29)34(24,31)32/h11-13,17-20,23,29H,9,14-16H2,1-7H3,(H,26,30)/t19-,20+,23-/m1/s1. The van der Waals surface area contributed by atoms with Crippen LogP contribution >= 0.6 is 0 Å². The first-order valence-corrected chi connectivity index (χ1v) is 13.2. The van der Waals surface area contributed by atoms with Gasteiger partial charge in [-0.05, 0) is 44.9 Å². The fourth-order valence-electron chi connectivity index (χ4n) is 3.59. The third kappa shape index (κ3) is 7.11. The number of nitrogens with one attached hydrogen (secondary N) is 1. The third-order valence-electron chi connectivity index (χ3n) is 5.62. The Morgan fingerprint density at radius 3 is 2.56 bits per heavy atom. The number of sulfonamides is 1. The van der Waals surface area contributed by atoms with E-state index in [1.54, 1.807) is 31.0 Å². The first-order chi connectivity index (χ1) is 15.9. The maximum atomic E-state index is 13.5. The molecule has 1 aliphatic heterocycles. The Kier molecular flexibility index (Phi) is 9.80. The minimum Gasteiger partial charge on any atom is -0.487 e. The number of hydrogen-bond donors (Lipinski definition) is 2. The number of aliphatic hydroxyl groups excluding tert-OH is 1. The predicted molar refractivity (Wildman–Crippen MR) is 133 cm³/mol. The van der Waals surface area contributed by atoms with Crippen molar-refractivity contribution < 1.29 is 23.1 Å². The molecule has 1 aliphatic rings. The first-order valence-electron chi connectivity index (χ1n) is 11.8. The molecule has 0 spiro atoms. The number of benzene rings is 1. The van der Waals surface area contributed by atoms with Crippen molar-refractivity contribution in [3.8, 4) is 17.6 Å². The second kappa shape index (κ2) is 11.9. The van der Waals surface area contributed by atoms with Crippen molar-refractivity contribution in [2.24, 2.45) is 11.8 Å². The molecule has 0 fully saturated rings. The topological polar surface area (TPSA) is 99.2 Å². The van der Waals surface area contributed by atoms with Crippen LogP contribution in [0.2, 0.25) is 0 Å². The highest BCUT2D eigenvalue weighted by Gasteiger charge is 2.38. The zero-order valence-electron chi connectivity index (χ0n) is 21.3.